The van der Waals surface area contributed by atoms with Crippen LogP contribution in [0, 0.1) is 11.7 Å². The maximum absolute atomic E-state index is 14.2. The number of allylic oxidation sites excluding steroid dienone is 2. The molecule has 0 heterocycles. The number of ether oxygens (including phenoxy) is 1. The van der Waals surface area contributed by atoms with E-state index in [0.717, 1.165) is 64.0 Å². The SMILES string of the molecule is O=C(O)CC1=C(CC2CCCC2)/C(=C/c2ccc(COc3ccccc3)cc2)c2ccc(F)cc21. The fourth-order valence-corrected chi connectivity index (χ4v) is 5.30. The average molecular weight is 469 g/mol. The Kier molecular flexibility index (Phi) is 6.80. The van der Waals surface area contributed by atoms with Crippen LogP contribution < -0.4 is 4.74 Å². The molecule has 0 spiro atoms. The summed E-state index contributed by atoms with van der Waals surface area (Å²) in [5.74, 6) is 0.161. The van der Waals surface area contributed by atoms with E-state index >= 15 is 0 Å². The van der Waals surface area contributed by atoms with Crippen molar-refractivity contribution < 1.29 is 19.0 Å². The van der Waals surface area contributed by atoms with Crippen molar-refractivity contribution in [2.45, 2.75) is 45.1 Å². The van der Waals surface area contributed by atoms with Crippen molar-refractivity contribution in [1.29, 1.82) is 0 Å². The smallest absolute Gasteiger partial charge is 0.307 e. The van der Waals surface area contributed by atoms with Gasteiger partial charge in [-0.15, -0.1) is 0 Å². The van der Waals surface area contributed by atoms with E-state index in [1.165, 1.54) is 25.0 Å². The van der Waals surface area contributed by atoms with Crippen LogP contribution in [0.3, 0.4) is 0 Å². The first-order valence-electron chi connectivity index (χ1n) is 12.3. The molecule has 2 aliphatic carbocycles. The second-order valence-electron chi connectivity index (χ2n) is 9.47. The highest BCUT2D eigenvalue weighted by atomic mass is 19.1. The Hall–Kier alpha value is -3.66. The van der Waals surface area contributed by atoms with E-state index in [1.807, 2.05) is 42.5 Å². The largest absolute Gasteiger partial charge is 0.489 e. The van der Waals surface area contributed by atoms with Crippen LogP contribution in [-0.4, -0.2) is 11.1 Å². The van der Waals surface area contributed by atoms with Gasteiger partial charge in [-0.05, 0) is 81.7 Å². The summed E-state index contributed by atoms with van der Waals surface area (Å²) in [5, 5.41) is 9.63. The quantitative estimate of drug-likeness (QED) is 0.367. The lowest BCUT2D eigenvalue weighted by Crippen LogP contribution is -2.01. The lowest BCUT2D eigenvalue weighted by atomic mass is 9.90. The molecule has 3 nitrogen and oxygen atoms in total. The van der Waals surface area contributed by atoms with E-state index in [2.05, 4.69) is 18.2 Å². The molecule has 0 unspecified atom stereocenters. The van der Waals surface area contributed by atoms with Gasteiger partial charge in [-0.2, -0.15) is 0 Å². The second-order valence-corrected chi connectivity index (χ2v) is 9.47. The minimum Gasteiger partial charge on any atom is -0.489 e. The molecule has 1 saturated carbocycles. The van der Waals surface area contributed by atoms with E-state index in [-0.39, 0.29) is 12.2 Å². The molecule has 0 radical (unpaired) electrons. The number of fused-ring (bicyclic) bond motifs is 1. The highest BCUT2D eigenvalue weighted by molar-refractivity contribution is 6.07. The molecule has 3 aromatic rings. The van der Waals surface area contributed by atoms with Crippen LogP contribution in [0.1, 0.15) is 60.8 Å². The Bertz CT molecular complexity index is 1270. The zero-order valence-electron chi connectivity index (χ0n) is 19.7. The van der Waals surface area contributed by atoms with E-state index in [4.69, 9.17) is 4.74 Å². The van der Waals surface area contributed by atoms with Gasteiger partial charge in [-0.3, -0.25) is 4.79 Å². The number of carbonyl (C=O) groups is 1. The van der Waals surface area contributed by atoms with E-state index in [1.54, 1.807) is 6.07 Å². The zero-order chi connectivity index (χ0) is 24.2. The second kappa shape index (κ2) is 10.3. The van der Waals surface area contributed by atoms with Gasteiger partial charge < -0.3 is 9.84 Å². The van der Waals surface area contributed by atoms with Gasteiger partial charge in [0.1, 0.15) is 18.2 Å². The van der Waals surface area contributed by atoms with Crippen molar-refractivity contribution >= 4 is 23.2 Å². The molecule has 35 heavy (non-hydrogen) atoms. The number of aliphatic carboxylic acids is 1. The summed E-state index contributed by atoms with van der Waals surface area (Å²) < 4.78 is 20.0. The average Bonchev–Trinajstić information content (AvgIpc) is 3.47. The standard InChI is InChI=1S/C31H29FO3/c32-24-14-15-26-27(17-22-10-12-23(13-11-22)20-35-25-8-2-1-3-9-25)28(16-21-6-4-5-7-21)30(19-31(33)34)29(26)18-24/h1-3,8-15,17-18,21H,4-7,16,19-20H2,(H,33,34)/b27-17+. The van der Waals surface area contributed by atoms with Gasteiger partial charge in [0, 0.05) is 0 Å². The lowest BCUT2D eigenvalue weighted by molar-refractivity contribution is -0.135. The van der Waals surface area contributed by atoms with Gasteiger partial charge in [-0.1, -0.05) is 74.2 Å². The minimum atomic E-state index is -0.886. The monoisotopic (exact) mass is 468 g/mol. The third kappa shape index (κ3) is 5.37. The first-order chi connectivity index (χ1) is 17.1. The third-order valence-electron chi connectivity index (χ3n) is 7.02. The Labute approximate surface area is 205 Å². The minimum absolute atomic E-state index is 0.0917. The molecule has 0 aromatic heterocycles. The van der Waals surface area contributed by atoms with Crippen molar-refractivity contribution in [3.63, 3.8) is 0 Å². The molecule has 0 saturated heterocycles. The number of halogens is 1. The number of carboxylic acids is 1. The topological polar surface area (TPSA) is 46.5 Å². The molecule has 178 valence electrons. The number of rotatable bonds is 8. The Balaban J connectivity index is 1.46. The molecule has 0 atom stereocenters. The molecule has 3 aromatic carbocycles. The molecular formula is C31H29FO3. The molecule has 2 aliphatic rings. The van der Waals surface area contributed by atoms with Crippen molar-refractivity contribution in [1.82, 2.24) is 0 Å². The Morgan fingerprint density at radius 1 is 0.943 bits per heavy atom. The molecule has 0 aliphatic heterocycles. The van der Waals surface area contributed by atoms with E-state index < -0.39 is 5.97 Å². The molecule has 1 N–H and O–H groups in total. The zero-order valence-corrected chi connectivity index (χ0v) is 19.7. The molecule has 1 fully saturated rings. The van der Waals surface area contributed by atoms with Gasteiger partial charge in [0.25, 0.3) is 0 Å². The van der Waals surface area contributed by atoms with Gasteiger partial charge in [0.2, 0.25) is 0 Å². The van der Waals surface area contributed by atoms with Crippen LogP contribution in [0.2, 0.25) is 0 Å². The molecule has 0 bridgehead atoms. The van der Waals surface area contributed by atoms with Crippen LogP contribution in [-0.2, 0) is 11.4 Å². The van der Waals surface area contributed by atoms with Crippen LogP contribution in [0.5, 0.6) is 5.75 Å². The van der Waals surface area contributed by atoms with E-state index in [9.17, 15) is 14.3 Å². The van der Waals surface area contributed by atoms with E-state index in [0.29, 0.717) is 12.5 Å². The van der Waals surface area contributed by atoms with Gasteiger partial charge in [0.15, 0.2) is 0 Å². The van der Waals surface area contributed by atoms with Crippen LogP contribution >= 0.6 is 0 Å². The van der Waals surface area contributed by atoms with Crippen molar-refractivity contribution in [3.05, 3.63) is 106 Å². The first-order valence-corrected chi connectivity index (χ1v) is 12.3. The van der Waals surface area contributed by atoms with Crippen LogP contribution in [0.15, 0.2) is 78.4 Å². The highest BCUT2D eigenvalue weighted by Crippen LogP contribution is 2.48. The molecular weight excluding hydrogens is 439 g/mol. The van der Waals surface area contributed by atoms with Crippen molar-refractivity contribution in [2.24, 2.45) is 5.92 Å². The highest BCUT2D eigenvalue weighted by Gasteiger charge is 2.30. The third-order valence-corrected chi connectivity index (χ3v) is 7.02. The summed E-state index contributed by atoms with van der Waals surface area (Å²) in [6.45, 7) is 0.485. The fraction of sp³-hybridized carbons (Fsp3) is 0.258. The van der Waals surface area contributed by atoms with Gasteiger partial charge in [0.05, 0.1) is 6.42 Å². The number of carboxylic acid groups (broad SMARTS) is 1. The summed E-state index contributed by atoms with van der Waals surface area (Å²) in [5.41, 5.74) is 6.59. The van der Waals surface area contributed by atoms with Crippen molar-refractivity contribution in [2.75, 3.05) is 0 Å². The van der Waals surface area contributed by atoms with Crippen LogP contribution in [0.25, 0.3) is 17.2 Å². The molecule has 4 heteroatoms. The predicted molar refractivity (Wildman–Crippen MR) is 137 cm³/mol. The first kappa shape index (κ1) is 23.1. The summed E-state index contributed by atoms with van der Waals surface area (Å²) >= 11 is 0. The maximum Gasteiger partial charge on any atom is 0.307 e. The number of hydrogen-bond donors (Lipinski definition) is 1. The molecule has 0 amide bonds. The Morgan fingerprint density at radius 3 is 2.40 bits per heavy atom. The van der Waals surface area contributed by atoms with Crippen LogP contribution in [0.4, 0.5) is 4.39 Å². The predicted octanol–water partition coefficient (Wildman–Crippen LogP) is 7.77. The summed E-state index contributed by atoms with van der Waals surface area (Å²) in [7, 11) is 0. The fourth-order valence-electron chi connectivity index (χ4n) is 5.30. The number of benzene rings is 3. The Morgan fingerprint density at radius 2 is 1.69 bits per heavy atom. The van der Waals surface area contributed by atoms with Gasteiger partial charge >= 0.3 is 5.97 Å². The summed E-state index contributed by atoms with van der Waals surface area (Å²) in [6.07, 6.45) is 7.64. The van der Waals surface area contributed by atoms with Gasteiger partial charge in [-0.25, -0.2) is 4.39 Å². The normalized spacial score (nSPS) is 16.7. The maximum atomic E-state index is 14.2. The lowest BCUT2D eigenvalue weighted by Gasteiger charge is -2.14. The number of hydrogen-bond acceptors (Lipinski definition) is 2. The summed E-state index contributed by atoms with van der Waals surface area (Å²) in [6, 6.07) is 22.7. The van der Waals surface area contributed by atoms with Crippen molar-refractivity contribution in [3.8, 4) is 5.75 Å². The molecule has 5 rings (SSSR count). The number of para-hydroxylation sites is 1. The summed E-state index contributed by atoms with van der Waals surface area (Å²) in [4.78, 5) is 11.7.